The normalized spacial score (nSPS) is 17.1. The van der Waals surface area contributed by atoms with Crippen molar-refractivity contribution in [3.8, 4) is 0 Å². The Hall–Kier alpha value is -1.50. The van der Waals surface area contributed by atoms with Gasteiger partial charge in [0.15, 0.2) is 10.8 Å². The van der Waals surface area contributed by atoms with Crippen molar-refractivity contribution in [2.24, 2.45) is 0 Å². The smallest absolute Gasteiger partial charge is 0.313 e. The minimum absolute atomic E-state index is 0.0360. The van der Waals surface area contributed by atoms with Crippen LogP contribution in [0.5, 0.6) is 0 Å². The van der Waals surface area contributed by atoms with Gasteiger partial charge in [-0.1, -0.05) is 11.8 Å². The third kappa shape index (κ3) is 2.23. The van der Waals surface area contributed by atoms with E-state index in [1.54, 1.807) is 0 Å². The Balaban J connectivity index is 2.17. The van der Waals surface area contributed by atoms with Gasteiger partial charge >= 0.3 is 5.97 Å². The summed E-state index contributed by atoms with van der Waals surface area (Å²) in [6, 6.07) is 0. The molecule has 0 bridgehead atoms. The first-order valence-corrected chi connectivity index (χ1v) is 8.26. The van der Waals surface area contributed by atoms with Crippen molar-refractivity contribution in [3.63, 3.8) is 0 Å². The van der Waals surface area contributed by atoms with Gasteiger partial charge in [0.05, 0.1) is 11.4 Å². The van der Waals surface area contributed by atoms with E-state index >= 15 is 0 Å². The van der Waals surface area contributed by atoms with Crippen molar-refractivity contribution in [2.75, 3.05) is 5.75 Å². The van der Waals surface area contributed by atoms with Crippen LogP contribution in [0.1, 0.15) is 38.8 Å². The number of thioether (sulfide) groups is 1. The molecule has 0 amide bonds. The number of nitrogens with zero attached hydrogens (tertiary/aromatic N) is 4. The van der Waals surface area contributed by atoms with Crippen molar-refractivity contribution in [1.82, 2.24) is 19.3 Å². The zero-order valence-corrected chi connectivity index (χ0v) is 13.4. The lowest BCUT2D eigenvalue weighted by Gasteiger charge is -2.41. The lowest BCUT2D eigenvalue weighted by atomic mass is 9.78. The average Bonchev–Trinajstić information content (AvgIpc) is 2.92. The number of carboxylic acid groups (broad SMARTS) is 1. The second-order valence-electron chi connectivity index (χ2n) is 5.84. The highest BCUT2D eigenvalue weighted by atomic mass is 32.2. The number of fused-ring (bicyclic) bond motifs is 1. The number of rotatable bonds is 5. The summed E-state index contributed by atoms with van der Waals surface area (Å²) >= 11 is 1.30. The molecule has 0 radical (unpaired) electrons. The van der Waals surface area contributed by atoms with E-state index in [0.29, 0.717) is 0 Å². The van der Waals surface area contributed by atoms with Gasteiger partial charge in [-0.2, -0.15) is 5.10 Å². The first-order valence-electron chi connectivity index (χ1n) is 7.27. The minimum atomic E-state index is -0.814. The van der Waals surface area contributed by atoms with Gasteiger partial charge < -0.3 is 5.11 Å². The fourth-order valence-corrected chi connectivity index (χ4v) is 3.83. The number of carboxylic acids is 1. The van der Waals surface area contributed by atoms with E-state index in [2.05, 4.69) is 28.5 Å². The Morgan fingerprint density at radius 3 is 2.71 bits per heavy atom. The fraction of sp³-hybridized carbons (Fsp3) is 0.643. The van der Waals surface area contributed by atoms with Crippen LogP contribution >= 0.6 is 11.8 Å². The molecule has 0 aromatic carbocycles. The number of carbonyl (C=O) groups is 1. The molecule has 0 atom stereocenters. The van der Waals surface area contributed by atoms with Crippen molar-refractivity contribution in [2.45, 2.75) is 57.3 Å². The Bertz CT molecular complexity index is 699. The average molecular weight is 308 g/mol. The van der Waals surface area contributed by atoms with E-state index in [1.165, 1.54) is 18.2 Å². The summed E-state index contributed by atoms with van der Waals surface area (Å²) in [7, 11) is 0. The van der Waals surface area contributed by atoms with Crippen LogP contribution in [0.2, 0.25) is 0 Å². The summed E-state index contributed by atoms with van der Waals surface area (Å²) in [6.45, 7) is 7.04. The third-order valence-electron chi connectivity index (χ3n) is 4.28. The number of aliphatic carboxylic acids is 1. The number of hydrogen-bond acceptors (Lipinski definition) is 4. The first-order chi connectivity index (χ1) is 9.96. The maximum atomic E-state index is 10.9. The highest BCUT2D eigenvalue weighted by Gasteiger charge is 2.38. The number of aromatic nitrogens is 4. The van der Waals surface area contributed by atoms with Gasteiger partial charge in [-0.15, -0.1) is 0 Å². The highest BCUT2D eigenvalue weighted by molar-refractivity contribution is 7.99. The number of imidazole rings is 1. The van der Waals surface area contributed by atoms with Gasteiger partial charge in [-0.05, 0) is 40.0 Å². The molecule has 2 aromatic heterocycles. The van der Waals surface area contributed by atoms with Crippen molar-refractivity contribution < 1.29 is 9.90 Å². The van der Waals surface area contributed by atoms with E-state index < -0.39 is 5.97 Å². The lowest BCUT2D eigenvalue weighted by Crippen LogP contribution is -2.38. The number of hydrogen-bond donors (Lipinski definition) is 1. The Labute approximate surface area is 127 Å². The van der Waals surface area contributed by atoms with Gasteiger partial charge in [-0.3, -0.25) is 9.36 Å². The Morgan fingerprint density at radius 1 is 1.48 bits per heavy atom. The maximum Gasteiger partial charge on any atom is 0.313 e. The molecule has 1 N–H and O–H groups in total. The maximum absolute atomic E-state index is 10.9. The fourth-order valence-electron chi connectivity index (χ4n) is 2.99. The predicted octanol–water partition coefficient (Wildman–Crippen LogP) is 2.64. The van der Waals surface area contributed by atoms with Crippen LogP contribution in [-0.2, 0) is 16.9 Å². The van der Waals surface area contributed by atoms with Crippen LogP contribution in [0, 0.1) is 6.92 Å². The molecule has 1 aliphatic rings. The summed E-state index contributed by atoms with van der Waals surface area (Å²) in [4.78, 5) is 15.6. The topological polar surface area (TPSA) is 72.9 Å². The van der Waals surface area contributed by atoms with Crippen molar-refractivity contribution >= 4 is 28.9 Å². The van der Waals surface area contributed by atoms with Gasteiger partial charge in [0.2, 0.25) is 0 Å². The molecule has 1 saturated carbocycles. The van der Waals surface area contributed by atoms with Gasteiger partial charge in [-0.25, -0.2) is 9.67 Å². The molecule has 21 heavy (non-hydrogen) atoms. The molecule has 2 heterocycles. The van der Waals surface area contributed by atoms with Crippen LogP contribution in [0.3, 0.4) is 0 Å². The largest absolute Gasteiger partial charge is 0.481 e. The van der Waals surface area contributed by atoms with E-state index in [9.17, 15) is 4.79 Å². The highest BCUT2D eigenvalue weighted by Crippen LogP contribution is 2.43. The summed E-state index contributed by atoms with van der Waals surface area (Å²) < 4.78 is 4.20. The second-order valence-corrected chi connectivity index (χ2v) is 6.78. The second kappa shape index (κ2) is 5.05. The zero-order chi connectivity index (χ0) is 15.2. The molecule has 1 aliphatic carbocycles. The quantitative estimate of drug-likeness (QED) is 0.860. The number of aryl methyl sites for hydroxylation is 2. The monoisotopic (exact) mass is 308 g/mol. The summed E-state index contributed by atoms with van der Waals surface area (Å²) in [5.74, 6) is -0.778. The minimum Gasteiger partial charge on any atom is -0.481 e. The molecule has 0 spiro atoms. The first kappa shape index (κ1) is 14.4. The van der Waals surface area contributed by atoms with Crippen LogP contribution in [0.25, 0.3) is 11.2 Å². The molecule has 0 unspecified atom stereocenters. The molecule has 7 heteroatoms. The lowest BCUT2D eigenvalue weighted by molar-refractivity contribution is -0.133. The van der Waals surface area contributed by atoms with Gasteiger partial charge in [0, 0.05) is 12.1 Å². The van der Waals surface area contributed by atoms with Gasteiger partial charge in [0.25, 0.3) is 0 Å². The zero-order valence-electron chi connectivity index (χ0n) is 12.6. The van der Waals surface area contributed by atoms with Gasteiger partial charge in [0.1, 0.15) is 5.52 Å². The third-order valence-corrected chi connectivity index (χ3v) is 5.20. The van der Waals surface area contributed by atoms with E-state index in [4.69, 9.17) is 5.11 Å². The molecule has 3 rings (SSSR count). The van der Waals surface area contributed by atoms with E-state index in [-0.39, 0.29) is 11.3 Å². The SMILES string of the molecule is CCn1nc(C)c2nc(SCC(=O)O)n(C3(C)CCC3)c21. The molecule has 114 valence electrons. The van der Waals surface area contributed by atoms with Crippen LogP contribution in [0.4, 0.5) is 0 Å². The molecular formula is C14H20N4O2S. The molecule has 1 fully saturated rings. The molecule has 0 aliphatic heterocycles. The van der Waals surface area contributed by atoms with Crippen LogP contribution < -0.4 is 0 Å². The van der Waals surface area contributed by atoms with Crippen LogP contribution in [-0.4, -0.2) is 36.2 Å². The standard InChI is InChI=1S/C14H20N4O2S/c1-4-17-12-11(9(2)16-17)15-13(21-8-10(19)20)18(12)14(3)6-5-7-14/h4-8H2,1-3H3,(H,19,20). The van der Waals surface area contributed by atoms with E-state index in [1.807, 2.05) is 11.6 Å². The summed E-state index contributed by atoms with van der Waals surface area (Å²) in [6.07, 6.45) is 3.42. The molecule has 2 aromatic rings. The van der Waals surface area contributed by atoms with E-state index in [0.717, 1.165) is 41.4 Å². The van der Waals surface area contributed by atoms with Crippen molar-refractivity contribution in [3.05, 3.63) is 5.69 Å². The Morgan fingerprint density at radius 2 is 2.19 bits per heavy atom. The van der Waals surface area contributed by atoms with Crippen molar-refractivity contribution in [1.29, 1.82) is 0 Å². The summed E-state index contributed by atoms with van der Waals surface area (Å²) in [5.41, 5.74) is 2.88. The Kier molecular flexibility index (Phi) is 3.47. The van der Waals surface area contributed by atoms with Crippen LogP contribution in [0.15, 0.2) is 5.16 Å². The molecular weight excluding hydrogens is 288 g/mol. The summed E-state index contributed by atoms with van der Waals surface area (Å²) in [5, 5.41) is 14.3. The predicted molar refractivity (Wildman–Crippen MR) is 81.8 cm³/mol. The molecule has 0 saturated heterocycles. The molecule has 6 nitrogen and oxygen atoms in total.